The Morgan fingerprint density at radius 1 is 0.909 bits per heavy atom. The van der Waals surface area contributed by atoms with Crippen LogP contribution in [0.4, 0.5) is 0 Å². The van der Waals surface area contributed by atoms with Crippen LogP contribution in [-0.2, 0) is 70.0 Å². The van der Waals surface area contributed by atoms with Crippen LogP contribution in [0.15, 0.2) is 0 Å². The molecule has 0 aliphatic heterocycles. The fraction of sp³-hybridized carbons (Fsp3) is 0. The normalized spacial score (nSPS) is 7.82. The van der Waals surface area contributed by atoms with Gasteiger partial charge in [-0.25, -0.2) is 0 Å². The number of hydrogen-bond donors (Lipinski definition) is 0. The monoisotopic (exact) mass is 332 g/mol. The summed E-state index contributed by atoms with van der Waals surface area (Å²) in [7, 11) is -8.31. The Kier molecular flexibility index (Phi) is 25.9. The molecule has 0 bridgehead atoms. The van der Waals surface area contributed by atoms with Gasteiger partial charge in [-0.15, -0.1) is 0 Å². The van der Waals surface area contributed by atoms with E-state index in [9.17, 15) is 0 Å². The van der Waals surface area contributed by atoms with Crippen LogP contribution < -0.4 is 29.8 Å². The number of phosphoric acid groups is 1. The van der Waals surface area contributed by atoms with Crippen molar-refractivity contribution >= 4 is 15.1 Å². The Balaban J connectivity index is -0.0000000383. The smallest absolute Gasteiger partial charge is 0.907 e. The molecule has 0 saturated heterocycles. The van der Waals surface area contributed by atoms with E-state index in [1.165, 1.54) is 0 Å². The minimum atomic E-state index is -5.39. The van der Waals surface area contributed by atoms with Gasteiger partial charge in [0.25, 0.3) is 0 Å². The Hall–Kier alpha value is 2.26. The van der Waals surface area contributed by atoms with Crippen molar-refractivity contribution in [1.29, 1.82) is 0 Å². The first kappa shape index (κ1) is 23.2. The summed E-state index contributed by atoms with van der Waals surface area (Å²) in [6, 6.07) is 0. The Morgan fingerprint density at radius 2 is 0.909 bits per heavy atom. The van der Waals surface area contributed by atoms with E-state index in [0.29, 0.717) is 0 Å². The first-order chi connectivity index (χ1) is 3.73. The molecular formula is BO7PY2. The standard InChI is InChI=1S/BO3.H3O4P.2Y/c2-1(3)4;1-5(2,3)4;;/h;(H3,1,2,3,4);;/q-3;;2*+3/p-3. The van der Waals surface area contributed by atoms with Gasteiger partial charge in [0.15, 0.2) is 0 Å². The third-order valence-corrected chi connectivity index (χ3v) is 0. The second-order valence-corrected chi connectivity index (χ2v) is 1.63. The van der Waals surface area contributed by atoms with E-state index in [1.807, 2.05) is 0 Å². The third-order valence-electron chi connectivity index (χ3n) is 0. The van der Waals surface area contributed by atoms with E-state index in [0.717, 1.165) is 0 Å². The quantitative estimate of drug-likeness (QED) is 0.315. The maximum absolute atomic E-state index is 8.55. The molecule has 11 heteroatoms. The number of rotatable bonds is 0. The van der Waals surface area contributed by atoms with Crippen molar-refractivity contribution in [1.82, 2.24) is 0 Å². The van der Waals surface area contributed by atoms with Crippen LogP contribution in [-0.4, -0.2) is 7.32 Å². The van der Waals surface area contributed by atoms with Gasteiger partial charge in [0, 0.05) is 0 Å². The molecule has 0 heterocycles. The van der Waals surface area contributed by atoms with E-state index in [-0.39, 0.29) is 65.4 Å². The molecule has 0 fully saturated rings. The molecule has 0 N–H and O–H groups in total. The van der Waals surface area contributed by atoms with Crippen molar-refractivity contribution in [2.75, 3.05) is 0 Å². The molecule has 0 aromatic rings. The SMILES string of the molecule is O=P([O-])([O-])[O-].[O-]B([O-])[O-].[Y+3].[Y+3]. The summed E-state index contributed by atoms with van der Waals surface area (Å²) in [6.07, 6.45) is 0. The third kappa shape index (κ3) is 252. The average Bonchev–Trinajstić information content (AvgIpc) is 1.19. The van der Waals surface area contributed by atoms with Crippen LogP contribution >= 0.6 is 7.82 Å². The molecule has 0 unspecified atom stereocenters. The van der Waals surface area contributed by atoms with Crippen LogP contribution in [0.3, 0.4) is 0 Å². The van der Waals surface area contributed by atoms with Gasteiger partial charge < -0.3 is 34.3 Å². The Bertz CT molecular complexity index is 87.6. The van der Waals surface area contributed by atoms with Crippen molar-refractivity contribution in [3.8, 4) is 0 Å². The Labute approximate surface area is 113 Å². The van der Waals surface area contributed by atoms with Crippen LogP contribution in [0, 0.1) is 0 Å². The molecule has 56 valence electrons. The second-order valence-electron chi connectivity index (χ2n) is 0.736. The molecule has 0 spiro atoms. The zero-order valence-electron chi connectivity index (χ0n) is 5.04. The van der Waals surface area contributed by atoms with E-state index in [1.54, 1.807) is 0 Å². The molecule has 0 saturated carbocycles. The molecule has 0 rings (SSSR count). The van der Waals surface area contributed by atoms with E-state index < -0.39 is 15.1 Å². The molecule has 0 amide bonds. The van der Waals surface area contributed by atoms with Gasteiger partial charge in [0.1, 0.15) is 0 Å². The predicted molar refractivity (Wildman–Crippen MR) is 13.4 cm³/mol. The van der Waals surface area contributed by atoms with Crippen LogP contribution in [0.5, 0.6) is 0 Å². The first-order valence-corrected chi connectivity index (χ1v) is 2.90. The van der Waals surface area contributed by atoms with Crippen LogP contribution in [0.1, 0.15) is 0 Å². The summed E-state index contributed by atoms with van der Waals surface area (Å²) in [6.45, 7) is 0. The molecule has 0 aliphatic rings. The van der Waals surface area contributed by atoms with Gasteiger partial charge >= 0.3 is 65.4 Å². The van der Waals surface area contributed by atoms with Gasteiger partial charge in [-0.05, 0) is 0 Å². The average molecular weight is 332 g/mol. The summed E-state index contributed by atoms with van der Waals surface area (Å²) >= 11 is 0. The van der Waals surface area contributed by atoms with Crippen molar-refractivity contribution in [2.45, 2.75) is 0 Å². The topological polar surface area (TPSA) is 155 Å². The van der Waals surface area contributed by atoms with Gasteiger partial charge in [-0.1, -0.05) is 0 Å². The summed E-state index contributed by atoms with van der Waals surface area (Å²) in [5, 5.41) is 25.2. The van der Waals surface area contributed by atoms with Crippen molar-refractivity contribution in [2.24, 2.45) is 0 Å². The van der Waals surface area contributed by atoms with Gasteiger partial charge in [-0.2, -0.15) is 7.82 Å². The van der Waals surface area contributed by atoms with E-state index in [2.05, 4.69) is 0 Å². The molecule has 0 aromatic carbocycles. The fourth-order valence-corrected chi connectivity index (χ4v) is 0. The van der Waals surface area contributed by atoms with Gasteiger partial charge in [-0.3, -0.25) is 7.32 Å². The Morgan fingerprint density at radius 3 is 0.909 bits per heavy atom. The van der Waals surface area contributed by atoms with Crippen molar-refractivity contribution in [3.05, 3.63) is 0 Å². The molecule has 0 aromatic heterocycles. The van der Waals surface area contributed by atoms with Crippen LogP contribution in [0.25, 0.3) is 0 Å². The first-order valence-electron chi connectivity index (χ1n) is 1.44. The zero-order valence-corrected chi connectivity index (χ0v) is 11.6. The molecule has 0 aliphatic carbocycles. The fourth-order valence-electron chi connectivity index (χ4n) is 0. The van der Waals surface area contributed by atoms with E-state index >= 15 is 0 Å². The summed E-state index contributed by atoms with van der Waals surface area (Å²) in [4.78, 5) is 25.6. The minimum absolute atomic E-state index is 0. The molecule has 7 nitrogen and oxygen atoms in total. The maximum Gasteiger partial charge on any atom is 3.00 e. The van der Waals surface area contributed by atoms with Gasteiger partial charge in [0.05, 0.1) is 0 Å². The minimum Gasteiger partial charge on any atom is -0.907 e. The summed E-state index contributed by atoms with van der Waals surface area (Å²) < 4.78 is 8.55. The zero-order chi connectivity index (χ0) is 8.08. The second kappa shape index (κ2) is 12.3. The van der Waals surface area contributed by atoms with Gasteiger partial charge in [0.2, 0.25) is 0 Å². The summed E-state index contributed by atoms with van der Waals surface area (Å²) in [5.41, 5.74) is 0. The molecule has 11 heavy (non-hydrogen) atoms. The van der Waals surface area contributed by atoms with Crippen molar-refractivity contribution < 1.29 is 99.7 Å². The maximum atomic E-state index is 8.55. The molecule has 0 radical (unpaired) electrons. The summed E-state index contributed by atoms with van der Waals surface area (Å²) in [5.74, 6) is 0. The predicted octanol–water partition coefficient (Wildman–Crippen LogP) is -6.78. The molecular weight excluding hydrogens is 332 g/mol. The molecule has 0 atom stereocenters. The van der Waals surface area contributed by atoms with E-state index in [4.69, 9.17) is 34.3 Å². The largest absolute Gasteiger partial charge is 3.00 e. The van der Waals surface area contributed by atoms with Crippen molar-refractivity contribution in [3.63, 3.8) is 0 Å². The van der Waals surface area contributed by atoms with Crippen LogP contribution in [0.2, 0.25) is 0 Å². The number of hydrogen-bond acceptors (Lipinski definition) is 7.